The Morgan fingerprint density at radius 1 is 1.00 bits per heavy atom. The quantitative estimate of drug-likeness (QED) is 0.434. The molecule has 4 rings (SSSR count). The number of methoxy groups -OCH3 is 1. The molecule has 1 heterocycles. The molecule has 0 aliphatic heterocycles. The van der Waals surface area contributed by atoms with Gasteiger partial charge in [0, 0.05) is 16.8 Å². The average Bonchev–Trinajstić information content (AvgIpc) is 3.24. The molecular weight excluding hydrogens is 388 g/mol. The number of anilines is 1. The summed E-state index contributed by atoms with van der Waals surface area (Å²) in [5.41, 5.74) is 6.75. The van der Waals surface area contributed by atoms with Gasteiger partial charge in [0.05, 0.1) is 13.5 Å². The maximum Gasteiger partial charge on any atom is 0.228 e. The van der Waals surface area contributed by atoms with Crippen LogP contribution in [0.1, 0.15) is 16.7 Å². The molecular formula is C26H24N2O3. The van der Waals surface area contributed by atoms with Gasteiger partial charge in [-0.25, -0.2) is 4.98 Å². The van der Waals surface area contributed by atoms with Crippen LogP contribution in [0.2, 0.25) is 0 Å². The van der Waals surface area contributed by atoms with Crippen molar-refractivity contribution in [3.05, 3.63) is 89.7 Å². The van der Waals surface area contributed by atoms with E-state index in [9.17, 15) is 4.79 Å². The van der Waals surface area contributed by atoms with E-state index >= 15 is 0 Å². The number of aryl methyl sites for hydroxylation is 2. The summed E-state index contributed by atoms with van der Waals surface area (Å²) in [6.07, 6.45) is 1.97. The van der Waals surface area contributed by atoms with Crippen molar-refractivity contribution in [2.24, 2.45) is 0 Å². The van der Waals surface area contributed by atoms with Gasteiger partial charge in [-0.05, 0) is 61.4 Å². The molecule has 1 amide bonds. The average molecular weight is 412 g/mol. The largest absolute Gasteiger partial charge is 0.497 e. The van der Waals surface area contributed by atoms with Gasteiger partial charge in [-0.1, -0.05) is 35.9 Å². The zero-order valence-electron chi connectivity index (χ0n) is 17.8. The third-order valence-corrected chi connectivity index (χ3v) is 5.10. The maximum atomic E-state index is 12.3. The first-order valence-electron chi connectivity index (χ1n) is 10.1. The number of carbonyl (C=O) groups excluding carboxylic acids is 1. The second kappa shape index (κ2) is 8.88. The van der Waals surface area contributed by atoms with Crippen LogP contribution >= 0.6 is 0 Å². The zero-order valence-corrected chi connectivity index (χ0v) is 17.8. The van der Waals surface area contributed by atoms with Crippen LogP contribution in [0.15, 0.2) is 77.4 Å². The first-order valence-corrected chi connectivity index (χ1v) is 10.1. The third-order valence-electron chi connectivity index (χ3n) is 5.10. The fourth-order valence-corrected chi connectivity index (χ4v) is 3.46. The molecule has 1 aromatic heterocycles. The molecule has 0 aliphatic rings. The zero-order chi connectivity index (χ0) is 21.8. The van der Waals surface area contributed by atoms with E-state index in [-0.39, 0.29) is 5.91 Å². The first kappa shape index (κ1) is 20.4. The van der Waals surface area contributed by atoms with Crippen LogP contribution in [0.25, 0.3) is 22.7 Å². The van der Waals surface area contributed by atoms with E-state index in [1.807, 2.05) is 48.5 Å². The molecule has 5 nitrogen and oxygen atoms in total. The van der Waals surface area contributed by atoms with E-state index < -0.39 is 0 Å². The van der Waals surface area contributed by atoms with E-state index in [4.69, 9.17) is 9.15 Å². The highest BCUT2D eigenvalue weighted by Gasteiger charge is 2.11. The Hall–Kier alpha value is -3.86. The van der Waals surface area contributed by atoms with Gasteiger partial charge in [-0.2, -0.15) is 0 Å². The standard InChI is InChI=1S/C26H24N2O3/c1-17-4-13-23(18(2)14-17)24-16-31-26(28-24)20-7-9-21(10-8-20)27-25(29)15-19-5-11-22(30-3)12-6-19/h4-14,16H,15H2,1-3H3,(H,27,29). The number of rotatable bonds is 6. The second-order valence-corrected chi connectivity index (χ2v) is 7.51. The van der Waals surface area contributed by atoms with Crippen LogP contribution < -0.4 is 10.1 Å². The molecule has 0 spiro atoms. The van der Waals surface area contributed by atoms with Crippen LogP contribution in [0.4, 0.5) is 5.69 Å². The number of nitrogens with one attached hydrogen (secondary N) is 1. The van der Waals surface area contributed by atoms with Gasteiger partial charge in [0.1, 0.15) is 17.7 Å². The third kappa shape index (κ3) is 4.83. The van der Waals surface area contributed by atoms with Crippen molar-refractivity contribution in [3.63, 3.8) is 0 Å². The van der Waals surface area contributed by atoms with Crippen molar-refractivity contribution in [1.29, 1.82) is 0 Å². The van der Waals surface area contributed by atoms with Gasteiger partial charge in [0.2, 0.25) is 11.8 Å². The Bertz CT molecular complexity index is 1190. The number of ether oxygens (including phenoxy) is 1. The molecule has 0 atom stereocenters. The summed E-state index contributed by atoms with van der Waals surface area (Å²) in [6, 6.07) is 21.2. The van der Waals surface area contributed by atoms with E-state index in [0.717, 1.165) is 39.4 Å². The molecule has 0 bridgehead atoms. The molecule has 3 aromatic carbocycles. The Morgan fingerprint density at radius 3 is 2.42 bits per heavy atom. The first-order chi connectivity index (χ1) is 15.0. The summed E-state index contributed by atoms with van der Waals surface area (Å²) < 4.78 is 10.8. The number of nitrogens with zero attached hydrogens (tertiary/aromatic N) is 1. The molecule has 0 saturated carbocycles. The minimum atomic E-state index is -0.0776. The molecule has 0 saturated heterocycles. The smallest absolute Gasteiger partial charge is 0.228 e. The van der Waals surface area contributed by atoms with E-state index in [1.54, 1.807) is 13.4 Å². The number of aromatic nitrogens is 1. The van der Waals surface area contributed by atoms with Gasteiger partial charge in [0.25, 0.3) is 0 Å². The minimum Gasteiger partial charge on any atom is -0.497 e. The monoisotopic (exact) mass is 412 g/mol. The number of carbonyl (C=O) groups is 1. The SMILES string of the molecule is COc1ccc(CC(=O)Nc2ccc(-c3nc(-c4ccc(C)cc4C)co3)cc2)cc1. The summed E-state index contributed by atoms with van der Waals surface area (Å²) >= 11 is 0. The predicted octanol–water partition coefficient (Wildman–Crippen LogP) is 5.82. The van der Waals surface area contributed by atoms with Gasteiger partial charge < -0.3 is 14.5 Å². The highest BCUT2D eigenvalue weighted by atomic mass is 16.5. The minimum absolute atomic E-state index is 0.0776. The van der Waals surface area contributed by atoms with Crippen molar-refractivity contribution in [1.82, 2.24) is 4.98 Å². The van der Waals surface area contributed by atoms with Crippen molar-refractivity contribution >= 4 is 11.6 Å². The Balaban J connectivity index is 1.42. The van der Waals surface area contributed by atoms with Crippen LogP contribution in [0, 0.1) is 13.8 Å². The number of benzene rings is 3. The maximum absolute atomic E-state index is 12.3. The molecule has 0 radical (unpaired) electrons. The Labute approximate surface area is 181 Å². The Kier molecular flexibility index (Phi) is 5.85. The summed E-state index contributed by atoms with van der Waals surface area (Å²) in [7, 11) is 1.62. The number of hydrogen-bond donors (Lipinski definition) is 1. The van der Waals surface area contributed by atoms with E-state index in [0.29, 0.717) is 12.3 Å². The molecule has 31 heavy (non-hydrogen) atoms. The lowest BCUT2D eigenvalue weighted by molar-refractivity contribution is -0.115. The lowest BCUT2D eigenvalue weighted by atomic mass is 10.0. The van der Waals surface area contributed by atoms with Crippen LogP contribution in [0.3, 0.4) is 0 Å². The van der Waals surface area contributed by atoms with Gasteiger partial charge in [0.15, 0.2) is 0 Å². The van der Waals surface area contributed by atoms with Crippen molar-refractivity contribution in [2.45, 2.75) is 20.3 Å². The van der Waals surface area contributed by atoms with Crippen molar-refractivity contribution in [3.8, 4) is 28.5 Å². The summed E-state index contributed by atoms with van der Waals surface area (Å²) in [5, 5.41) is 2.92. The fraction of sp³-hybridized carbons (Fsp3) is 0.154. The molecule has 5 heteroatoms. The second-order valence-electron chi connectivity index (χ2n) is 7.51. The Morgan fingerprint density at radius 2 is 1.74 bits per heavy atom. The molecule has 0 aliphatic carbocycles. The van der Waals surface area contributed by atoms with Gasteiger partial charge in [-0.15, -0.1) is 0 Å². The van der Waals surface area contributed by atoms with E-state index in [1.165, 1.54) is 5.56 Å². The predicted molar refractivity (Wildman–Crippen MR) is 122 cm³/mol. The van der Waals surface area contributed by atoms with Crippen molar-refractivity contribution in [2.75, 3.05) is 12.4 Å². The summed E-state index contributed by atoms with van der Waals surface area (Å²) in [6.45, 7) is 4.14. The molecule has 1 N–H and O–H groups in total. The normalized spacial score (nSPS) is 10.7. The van der Waals surface area contributed by atoms with Crippen LogP contribution in [-0.2, 0) is 11.2 Å². The number of amides is 1. The highest BCUT2D eigenvalue weighted by Crippen LogP contribution is 2.28. The van der Waals surface area contributed by atoms with Gasteiger partial charge >= 0.3 is 0 Å². The molecule has 0 unspecified atom stereocenters. The lowest BCUT2D eigenvalue weighted by Gasteiger charge is -2.07. The van der Waals surface area contributed by atoms with E-state index in [2.05, 4.69) is 42.3 Å². The number of hydrogen-bond acceptors (Lipinski definition) is 4. The molecule has 156 valence electrons. The summed E-state index contributed by atoms with van der Waals surface area (Å²) in [5.74, 6) is 1.24. The van der Waals surface area contributed by atoms with Crippen molar-refractivity contribution < 1.29 is 13.9 Å². The molecule has 0 fully saturated rings. The highest BCUT2D eigenvalue weighted by molar-refractivity contribution is 5.92. The van der Waals surface area contributed by atoms with Crippen LogP contribution in [-0.4, -0.2) is 18.0 Å². The van der Waals surface area contributed by atoms with Gasteiger partial charge in [-0.3, -0.25) is 4.79 Å². The summed E-state index contributed by atoms with van der Waals surface area (Å²) in [4.78, 5) is 17.0. The fourth-order valence-electron chi connectivity index (χ4n) is 3.46. The lowest BCUT2D eigenvalue weighted by Crippen LogP contribution is -2.14. The number of oxazole rings is 1. The van der Waals surface area contributed by atoms with Crippen LogP contribution in [0.5, 0.6) is 5.75 Å². The topological polar surface area (TPSA) is 64.4 Å². The molecule has 4 aromatic rings.